The molecule has 8 heteroatoms. The Bertz CT molecular complexity index is 725. The van der Waals surface area contributed by atoms with Crippen molar-refractivity contribution in [2.24, 2.45) is 5.92 Å². The fraction of sp³-hybridized carbons (Fsp3) is 0.591. The van der Waals surface area contributed by atoms with Gasteiger partial charge in [0.25, 0.3) is 0 Å². The first kappa shape index (κ1) is 25.6. The van der Waals surface area contributed by atoms with Crippen molar-refractivity contribution >= 4 is 17.7 Å². The van der Waals surface area contributed by atoms with Gasteiger partial charge in [-0.1, -0.05) is 0 Å². The summed E-state index contributed by atoms with van der Waals surface area (Å²) in [5.41, 5.74) is -1.64. The number of ether oxygens (including phenoxy) is 3. The van der Waals surface area contributed by atoms with Crippen LogP contribution in [0.1, 0.15) is 58.3 Å². The third-order valence-corrected chi connectivity index (χ3v) is 4.07. The van der Waals surface area contributed by atoms with Crippen molar-refractivity contribution in [1.82, 2.24) is 0 Å². The highest BCUT2D eigenvalue weighted by molar-refractivity contribution is 6.01. The van der Waals surface area contributed by atoms with E-state index in [-0.39, 0.29) is 13.2 Å². The Morgan fingerprint density at radius 3 is 2.03 bits per heavy atom. The largest absolute Gasteiger partial charge is 0.490 e. The molecule has 0 heterocycles. The molecule has 0 amide bonds. The number of aliphatic hydroxyl groups is 1. The van der Waals surface area contributed by atoms with E-state index in [2.05, 4.69) is 0 Å². The molecule has 0 aliphatic carbocycles. The lowest BCUT2D eigenvalue weighted by Gasteiger charge is -2.29. The number of hydrogen-bond acceptors (Lipinski definition) is 7. The molecule has 0 radical (unpaired) electrons. The summed E-state index contributed by atoms with van der Waals surface area (Å²) in [4.78, 5) is 35.5. The number of ketones is 1. The third kappa shape index (κ3) is 8.92. The highest BCUT2D eigenvalue weighted by atomic mass is 16.6. The number of aliphatic carboxylic acids is 1. The maximum atomic E-state index is 12.3. The molecule has 0 bridgehead atoms. The van der Waals surface area contributed by atoms with Gasteiger partial charge in [0.1, 0.15) is 24.6 Å². The van der Waals surface area contributed by atoms with Crippen LogP contribution >= 0.6 is 0 Å². The highest BCUT2D eigenvalue weighted by Crippen LogP contribution is 2.21. The summed E-state index contributed by atoms with van der Waals surface area (Å²) in [6, 6.07) is 6.23. The zero-order valence-electron chi connectivity index (χ0n) is 18.4. The zero-order valence-corrected chi connectivity index (χ0v) is 18.4. The Kier molecular flexibility index (Phi) is 8.99. The Hall–Kier alpha value is -2.45. The van der Waals surface area contributed by atoms with Crippen LogP contribution in [0.5, 0.6) is 5.75 Å². The van der Waals surface area contributed by atoms with Gasteiger partial charge in [-0.25, -0.2) is 0 Å². The predicted molar refractivity (Wildman–Crippen MR) is 110 cm³/mol. The second kappa shape index (κ2) is 10.5. The number of Topliss-reactive ketones (excluding diaryl/α,β-unsaturated/α-hetero) is 1. The highest BCUT2D eigenvalue weighted by Gasteiger charge is 2.32. The molecule has 0 aromatic heterocycles. The predicted octanol–water partition coefficient (Wildman–Crippen LogP) is 2.86. The summed E-state index contributed by atoms with van der Waals surface area (Å²) >= 11 is 0. The van der Waals surface area contributed by atoms with Crippen molar-refractivity contribution in [3.63, 3.8) is 0 Å². The molecule has 1 rings (SSSR count). The normalized spacial score (nSPS) is 14.0. The van der Waals surface area contributed by atoms with E-state index < -0.39 is 47.4 Å². The Morgan fingerprint density at radius 1 is 1.00 bits per heavy atom. The quantitative estimate of drug-likeness (QED) is 0.316. The number of benzene rings is 1. The molecule has 0 saturated heterocycles. The van der Waals surface area contributed by atoms with Crippen LogP contribution in [-0.4, -0.2) is 58.5 Å². The zero-order chi connectivity index (χ0) is 23.1. The number of carboxylic acid groups (broad SMARTS) is 1. The first-order chi connectivity index (χ1) is 13.7. The van der Waals surface area contributed by atoms with Crippen LogP contribution in [0, 0.1) is 5.92 Å². The number of rotatable bonds is 11. The van der Waals surface area contributed by atoms with Crippen LogP contribution in [0.4, 0.5) is 0 Å². The number of carbonyl (C=O) groups excluding carboxylic acids is 2. The van der Waals surface area contributed by atoms with E-state index in [0.29, 0.717) is 11.3 Å². The van der Waals surface area contributed by atoms with Crippen LogP contribution in [0.25, 0.3) is 0 Å². The Labute approximate surface area is 177 Å². The average molecular weight is 424 g/mol. The van der Waals surface area contributed by atoms with Gasteiger partial charge < -0.3 is 24.4 Å². The van der Waals surface area contributed by atoms with Crippen molar-refractivity contribution in [3.05, 3.63) is 29.8 Å². The smallest absolute Gasteiger partial charge is 0.312 e. The molecule has 0 fully saturated rings. The fourth-order valence-corrected chi connectivity index (χ4v) is 2.73. The topological polar surface area (TPSA) is 119 Å². The number of carboxylic acids is 1. The lowest BCUT2D eigenvalue weighted by atomic mass is 9.97. The minimum Gasteiger partial charge on any atom is -0.490 e. The molecule has 30 heavy (non-hydrogen) atoms. The van der Waals surface area contributed by atoms with E-state index in [4.69, 9.17) is 19.3 Å². The SMILES string of the molecule is CC(OC(C)(C)C)C(CC(=O)O)C(=O)OCCOc1ccc(C(=O)C(C)(C)O)cc1. The molecular weight excluding hydrogens is 392 g/mol. The lowest BCUT2D eigenvalue weighted by molar-refractivity contribution is -0.164. The first-order valence-electron chi connectivity index (χ1n) is 9.77. The van der Waals surface area contributed by atoms with E-state index in [1.807, 2.05) is 20.8 Å². The molecular formula is C22H32O8. The minimum absolute atomic E-state index is 0.0544. The van der Waals surface area contributed by atoms with Crippen LogP contribution in [0.2, 0.25) is 0 Å². The van der Waals surface area contributed by atoms with E-state index in [9.17, 15) is 19.5 Å². The number of hydrogen-bond donors (Lipinski definition) is 2. The maximum absolute atomic E-state index is 12.3. The Balaban J connectivity index is 2.57. The molecule has 2 N–H and O–H groups in total. The van der Waals surface area contributed by atoms with Crippen molar-refractivity contribution < 1.29 is 38.8 Å². The van der Waals surface area contributed by atoms with Gasteiger partial charge in [-0.3, -0.25) is 14.4 Å². The third-order valence-electron chi connectivity index (χ3n) is 4.07. The average Bonchev–Trinajstić information content (AvgIpc) is 2.60. The Morgan fingerprint density at radius 2 is 1.57 bits per heavy atom. The van der Waals surface area contributed by atoms with Gasteiger partial charge in [0.05, 0.1) is 24.0 Å². The summed E-state index contributed by atoms with van der Waals surface area (Å²) < 4.78 is 16.4. The molecule has 1 aromatic carbocycles. The summed E-state index contributed by atoms with van der Waals surface area (Å²) in [6.07, 6.45) is -1.02. The van der Waals surface area contributed by atoms with E-state index in [1.54, 1.807) is 19.1 Å². The molecule has 8 nitrogen and oxygen atoms in total. The summed E-state index contributed by atoms with van der Waals surface area (Å²) in [5.74, 6) is -2.65. The van der Waals surface area contributed by atoms with Gasteiger partial charge in [-0.15, -0.1) is 0 Å². The maximum Gasteiger partial charge on any atom is 0.312 e. The number of carbonyl (C=O) groups is 3. The molecule has 0 saturated carbocycles. The van der Waals surface area contributed by atoms with E-state index >= 15 is 0 Å². The van der Waals surface area contributed by atoms with Crippen molar-refractivity contribution in [1.29, 1.82) is 0 Å². The summed E-state index contributed by atoms with van der Waals surface area (Å²) in [5, 5.41) is 18.8. The van der Waals surface area contributed by atoms with E-state index in [1.165, 1.54) is 26.0 Å². The van der Waals surface area contributed by atoms with Crippen LogP contribution < -0.4 is 4.74 Å². The van der Waals surface area contributed by atoms with Crippen LogP contribution in [0.15, 0.2) is 24.3 Å². The van der Waals surface area contributed by atoms with Gasteiger partial charge in [-0.05, 0) is 65.8 Å². The standard InChI is InChI=1S/C22H32O8/c1-14(30-21(2,3)4)17(13-18(23)24)20(26)29-12-11-28-16-9-7-15(8-10-16)19(25)22(5,6)27/h7-10,14,17,27H,11-13H2,1-6H3,(H,23,24). The second-order valence-electron chi connectivity index (χ2n) is 8.57. The van der Waals surface area contributed by atoms with Gasteiger partial charge in [0, 0.05) is 5.56 Å². The summed E-state index contributed by atoms with van der Waals surface area (Å²) in [6.45, 7) is 9.92. The van der Waals surface area contributed by atoms with Crippen molar-refractivity contribution in [3.8, 4) is 5.75 Å². The van der Waals surface area contributed by atoms with E-state index in [0.717, 1.165) is 0 Å². The second-order valence-corrected chi connectivity index (χ2v) is 8.57. The molecule has 1 aromatic rings. The molecule has 0 aliphatic heterocycles. The molecule has 168 valence electrons. The molecule has 2 unspecified atom stereocenters. The van der Waals surface area contributed by atoms with Gasteiger partial charge in [0.15, 0.2) is 5.78 Å². The van der Waals surface area contributed by atoms with Gasteiger partial charge >= 0.3 is 11.9 Å². The van der Waals surface area contributed by atoms with Gasteiger partial charge in [-0.2, -0.15) is 0 Å². The van der Waals surface area contributed by atoms with Crippen molar-refractivity contribution in [2.75, 3.05) is 13.2 Å². The lowest BCUT2D eigenvalue weighted by Crippen LogP contribution is -2.37. The number of esters is 1. The molecule has 0 aliphatic rings. The van der Waals surface area contributed by atoms with Gasteiger partial charge in [0.2, 0.25) is 0 Å². The van der Waals surface area contributed by atoms with Crippen molar-refractivity contribution in [2.45, 2.75) is 65.3 Å². The molecule has 2 atom stereocenters. The fourth-order valence-electron chi connectivity index (χ4n) is 2.73. The molecule has 0 spiro atoms. The van der Waals surface area contributed by atoms with Crippen LogP contribution in [-0.2, 0) is 19.1 Å². The monoisotopic (exact) mass is 424 g/mol. The minimum atomic E-state index is -1.46. The first-order valence-corrected chi connectivity index (χ1v) is 9.77. The van der Waals surface area contributed by atoms with Crippen LogP contribution in [0.3, 0.4) is 0 Å². The summed E-state index contributed by atoms with van der Waals surface area (Å²) in [7, 11) is 0.